The van der Waals surface area contributed by atoms with Gasteiger partial charge in [0.1, 0.15) is 5.65 Å². The second-order valence-corrected chi connectivity index (χ2v) is 6.77. The van der Waals surface area contributed by atoms with Crippen molar-refractivity contribution in [1.29, 1.82) is 0 Å². The SMILES string of the molecule is CN=C(NCCc1ccc2c(c1)OCO2)NCCc1cn2cccc(C)c2n1. The van der Waals surface area contributed by atoms with Crippen LogP contribution in [0.1, 0.15) is 16.8 Å². The minimum Gasteiger partial charge on any atom is -0.454 e. The molecule has 0 amide bonds. The Labute approximate surface area is 164 Å². The number of ether oxygens (including phenoxy) is 2. The number of fused-ring (bicyclic) bond motifs is 2. The second kappa shape index (κ2) is 8.21. The monoisotopic (exact) mass is 379 g/mol. The number of nitrogens with zero attached hydrogens (tertiary/aromatic N) is 3. The highest BCUT2D eigenvalue weighted by Gasteiger charge is 2.13. The Morgan fingerprint density at radius 3 is 2.79 bits per heavy atom. The quantitative estimate of drug-likeness (QED) is 0.508. The molecular weight excluding hydrogens is 354 g/mol. The summed E-state index contributed by atoms with van der Waals surface area (Å²) in [5.41, 5.74) is 4.47. The highest BCUT2D eigenvalue weighted by molar-refractivity contribution is 5.79. The van der Waals surface area contributed by atoms with Crippen LogP contribution in [-0.4, -0.2) is 42.3 Å². The lowest BCUT2D eigenvalue weighted by Gasteiger charge is -2.11. The third kappa shape index (κ3) is 4.03. The van der Waals surface area contributed by atoms with E-state index in [1.165, 1.54) is 11.1 Å². The van der Waals surface area contributed by atoms with E-state index in [2.05, 4.69) is 45.3 Å². The number of aryl methyl sites for hydroxylation is 1. The molecule has 1 aliphatic heterocycles. The number of aliphatic imine (C=N–C) groups is 1. The lowest BCUT2D eigenvalue weighted by molar-refractivity contribution is 0.174. The highest BCUT2D eigenvalue weighted by atomic mass is 16.7. The number of rotatable bonds is 6. The molecular formula is C21H25N5O2. The molecule has 1 aliphatic rings. The number of benzene rings is 1. The van der Waals surface area contributed by atoms with Crippen molar-refractivity contribution in [3.63, 3.8) is 0 Å². The zero-order valence-electron chi connectivity index (χ0n) is 16.2. The summed E-state index contributed by atoms with van der Waals surface area (Å²) in [6.45, 7) is 3.94. The maximum absolute atomic E-state index is 5.43. The lowest BCUT2D eigenvalue weighted by Crippen LogP contribution is -2.39. The molecule has 1 aromatic carbocycles. The zero-order chi connectivity index (χ0) is 19.3. The Hall–Kier alpha value is -3.22. The molecule has 3 heterocycles. The normalized spacial score (nSPS) is 13.1. The van der Waals surface area contributed by atoms with Crippen molar-refractivity contribution in [3.8, 4) is 11.5 Å². The van der Waals surface area contributed by atoms with Gasteiger partial charge in [0.05, 0.1) is 5.69 Å². The predicted molar refractivity (Wildman–Crippen MR) is 109 cm³/mol. The van der Waals surface area contributed by atoms with Crippen LogP contribution in [-0.2, 0) is 12.8 Å². The summed E-state index contributed by atoms with van der Waals surface area (Å²) in [7, 11) is 1.78. The number of imidazole rings is 1. The van der Waals surface area contributed by atoms with E-state index in [-0.39, 0.29) is 0 Å². The Morgan fingerprint density at radius 2 is 1.96 bits per heavy atom. The molecule has 0 saturated heterocycles. The number of pyridine rings is 1. The first-order chi connectivity index (χ1) is 13.7. The average molecular weight is 379 g/mol. The molecule has 0 aliphatic carbocycles. The molecule has 0 bridgehead atoms. The molecule has 28 heavy (non-hydrogen) atoms. The van der Waals surface area contributed by atoms with Crippen LogP contribution < -0.4 is 20.1 Å². The largest absolute Gasteiger partial charge is 0.454 e. The highest BCUT2D eigenvalue weighted by Crippen LogP contribution is 2.32. The van der Waals surface area contributed by atoms with Gasteiger partial charge in [-0.15, -0.1) is 0 Å². The van der Waals surface area contributed by atoms with Gasteiger partial charge >= 0.3 is 0 Å². The Bertz CT molecular complexity index is 996. The van der Waals surface area contributed by atoms with Crippen molar-refractivity contribution in [2.24, 2.45) is 4.99 Å². The Kier molecular flexibility index (Phi) is 5.32. The summed E-state index contributed by atoms with van der Waals surface area (Å²) in [5, 5.41) is 6.70. The van der Waals surface area contributed by atoms with E-state index in [1.807, 2.05) is 24.4 Å². The summed E-state index contributed by atoms with van der Waals surface area (Å²) in [6, 6.07) is 10.2. The van der Waals surface area contributed by atoms with E-state index in [1.54, 1.807) is 7.05 Å². The standard InChI is InChI=1S/C21H25N5O2/c1-15-4-3-11-26-13-17(25-20(15)26)8-10-24-21(22-2)23-9-7-16-5-6-18-19(12-16)28-14-27-18/h3-6,11-13H,7-10,14H2,1-2H3,(H2,22,23,24). The van der Waals surface area contributed by atoms with Gasteiger partial charge in [0.2, 0.25) is 6.79 Å². The van der Waals surface area contributed by atoms with Crippen LogP contribution in [0.2, 0.25) is 0 Å². The van der Waals surface area contributed by atoms with Crippen LogP contribution in [0.15, 0.2) is 47.7 Å². The number of hydrogen-bond acceptors (Lipinski definition) is 4. The van der Waals surface area contributed by atoms with Crippen LogP contribution in [0, 0.1) is 6.92 Å². The van der Waals surface area contributed by atoms with Gasteiger partial charge in [0, 0.05) is 39.0 Å². The van der Waals surface area contributed by atoms with Gasteiger partial charge in [-0.2, -0.15) is 0 Å². The van der Waals surface area contributed by atoms with Crippen LogP contribution in [0.4, 0.5) is 0 Å². The average Bonchev–Trinajstić information content (AvgIpc) is 3.33. The molecule has 0 fully saturated rings. The molecule has 0 saturated carbocycles. The summed E-state index contributed by atoms with van der Waals surface area (Å²) < 4.78 is 12.8. The fraction of sp³-hybridized carbons (Fsp3) is 0.333. The summed E-state index contributed by atoms with van der Waals surface area (Å²) in [6.07, 6.45) is 5.83. The van der Waals surface area contributed by atoms with Crippen molar-refractivity contribution in [2.75, 3.05) is 26.9 Å². The minimum absolute atomic E-state index is 0.305. The predicted octanol–water partition coefficient (Wildman–Crippen LogP) is 2.32. The number of hydrogen-bond donors (Lipinski definition) is 2. The van der Waals surface area contributed by atoms with Gasteiger partial charge < -0.3 is 24.5 Å². The molecule has 0 atom stereocenters. The molecule has 7 heteroatoms. The summed E-state index contributed by atoms with van der Waals surface area (Å²) in [5.74, 6) is 2.43. The van der Waals surface area contributed by atoms with Crippen molar-refractivity contribution in [2.45, 2.75) is 19.8 Å². The van der Waals surface area contributed by atoms with Crippen molar-refractivity contribution >= 4 is 11.6 Å². The van der Waals surface area contributed by atoms with Gasteiger partial charge in [-0.1, -0.05) is 12.1 Å². The van der Waals surface area contributed by atoms with E-state index in [0.29, 0.717) is 6.79 Å². The second-order valence-electron chi connectivity index (χ2n) is 6.77. The van der Waals surface area contributed by atoms with Crippen molar-refractivity contribution < 1.29 is 9.47 Å². The first-order valence-electron chi connectivity index (χ1n) is 9.49. The van der Waals surface area contributed by atoms with E-state index in [9.17, 15) is 0 Å². The Morgan fingerprint density at radius 1 is 1.14 bits per heavy atom. The fourth-order valence-electron chi connectivity index (χ4n) is 3.28. The minimum atomic E-state index is 0.305. The van der Waals surface area contributed by atoms with Gasteiger partial charge in [-0.05, 0) is 42.7 Å². The van der Waals surface area contributed by atoms with E-state index < -0.39 is 0 Å². The van der Waals surface area contributed by atoms with Gasteiger partial charge in [-0.3, -0.25) is 4.99 Å². The van der Waals surface area contributed by atoms with Gasteiger partial charge in [0.15, 0.2) is 17.5 Å². The van der Waals surface area contributed by atoms with Crippen LogP contribution >= 0.6 is 0 Å². The molecule has 0 radical (unpaired) electrons. The molecule has 7 nitrogen and oxygen atoms in total. The van der Waals surface area contributed by atoms with Crippen molar-refractivity contribution in [3.05, 3.63) is 59.5 Å². The summed E-state index contributed by atoms with van der Waals surface area (Å²) >= 11 is 0. The molecule has 2 aromatic heterocycles. The third-order valence-corrected chi connectivity index (χ3v) is 4.77. The first kappa shape index (κ1) is 18.2. The molecule has 4 rings (SSSR count). The van der Waals surface area contributed by atoms with Gasteiger partial charge in [-0.25, -0.2) is 4.98 Å². The summed E-state index contributed by atoms with van der Waals surface area (Å²) in [4.78, 5) is 9.00. The topological polar surface area (TPSA) is 72.2 Å². The maximum Gasteiger partial charge on any atom is 0.231 e. The smallest absolute Gasteiger partial charge is 0.231 e. The lowest BCUT2D eigenvalue weighted by atomic mass is 10.1. The fourth-order valence-corrected chi connectivity index (χ4v) is 3.28. The number of aromatic nitrogens is 2. The Balaban J connectivity index is 1.24. The maximum atomic E-state index is 5.43. The molecule has 146 valence electrons. The van der Waals surface area contributed by atoms with Crippen LogP contribution in [0.25, 0.3) is 5.65 Å². The first-order valence-corrected chi connectivity index (χ1v) is 9.49. The van der Waals surface area contributed by atoms with Crippen molar-refractivity contribution in [1.82, 2.24) is 20.0 Å². The van der Waals surface area contributed by atoms with E-state index in [4.69, 9.17) is 14.5 Å². The van der Waals surface area contributed by atoms with Crippen LogP contribution in [0.5, 0.6) is 11.5 Å². The number of guanidine groups is 1. The molecule has 0 unspecified atom stereocenters. The zero-order valence-corrected chi connectivity index (χ0v) is 16.2. The van der Waals surface area contributed by atoms with E-state index >= 15 is 0 Å². The third-order valence-electron chi connectivity index (χ3n) is 4.77. The molecule has 2 N–H and O–H groups in total. The number of nitrogens with one attached hydrogen (secondary N) is 2. The molecule has 3 aromatic rings. The molecule has 0 spiro atoms. The van der Waals surface area contributed by atoms with Crippen LogP contribution in [0.3, 0.4) is 0 Å². The van der Waals surface area contributed by atoms with E-state index in [0.717, 1.165) is 54.7 Å². The van der Waals surface area contributed by atoms with Gasteiger partial charge in [0.25, 0.3) is 0 Å².